The molecule has 1 aliphatic heterocycles. The molecule has 112 valence electrons. The fourth-order valence-corrected chi connectivity index (χ4v) is 2.69. The highest BCUT2D eigenvalue weighted by Crippen LogP contribution is 2.34. The molecule has 5 nitrogen and oxygen atoms in total. The van der Waals surface area contributed by atoms with Crippen molar-refractivity contribution in [2.24, 2.45) is 5.41 Å². The van der Waals surface area contributed by atoms with Gasteiger partial charge in [0.25, 0.3) is 5.79 Å². The highest BCUT2D eigenvalue weighted by molar-refractivity contribution is 9.11. The highest BCUT2D eigenvalue weighted by atomic mass is 79.9. The van der Waals surface area contributed by atoms with Crippen LogP contribution >= 0.6 is 15.9 Å². The molecule has 1 heterocycles. The van der Waals surface area contributed by atoms with Crippen molar-refractivity contribution in [1.29, 1.82) is 0 Å². The number of methoxy groups -OCH3 is 2. The lowest BCUT2D eigenvalue weighted by molar-refractivity contribution is -0.212. The van der Waals surface area contributed by atoms with E-state index in [0.717, 1.165) is 0 Å². The Morgan fingerprint density at radius 3 is 2.30 bits per heavy atom. The lowest BCUT2D eigenvalue weighted by Crippen LogP contribution is -2.48. The van der Waals surface area contributed by atoms with Crippen LogP contribution in [0.15, 0.2) is 22.2 Å². The monoisotopic (exact) mass is 346 g/mol. The Bertz CT molecular complexity index is 452. The Hall–Kier alpha value is -0.530. The van der Waals surface area contributed by atoms with Gasteiger partial charge in [-0.2, -0.15) is 0 Å². The van der Waals surface area contributed by atoms with E-state index in [0.29, 0.717) is 23.3 Å². The minimum absolute atomic E-state index is 0.0541. The second-order valence-corrected chi connectivity index (χ2v) is 6.57. The molecule has 0 aromatic carbocycles. The first-order chi connectivity index (χ1) is 9.33. The second-order valence-electron chi connectivity index (χ2n) is 5.65. The highest BCUT2D eigenvalue weighted by Gasteiger charge is 2.45. The molecule has 0 atom stereocenters. The molecule has 0 radical (unpaired) electrons. The SMILES string of the molecule is COC1(OC)C=C(Br)C=C(C2OCC(C)(C)CO2)C1=O. The number of ketones is 1. The fraction of sp³-hybridized carbons (Fsp3) is 0.643. The predicted molar refractivity (Wildman–Crippen MR) is 76.3 cm³/mol. The summed E-state index contributed by atoms with van der Waals surface area (Å²) in [4.78, 5) is 12.6. The molecule has 0 bridgehead atoms. The number of rotatable bonds is 3. The summed E-state index contributed by atoms with van der Waals surface area (Å²) in [5.41, 5.74) is 0.333. The van der Waals surface area contributed by atoms with Gasteiger partial charge in [-0.15, -0.1) is 0 Å². The fourth-order valence-electron chi connectivity index (χ4n) is 2.14. The Labute approximate surface area is 127 Å². The van der Waals surface area contributed by atoms with Gasteiger partial charge in [-0.1, -0.05) is 29.8 Å². The molecule has 1 saturated heterocycles. The molecular formula is C14H19BrO5. The van der Waals surface area contributed by atoms with Crippen LogP contribution in [-0.4, -0.2) is 45.3 Å². The summed E-state index contributed by atoms with van der Waals surface area (Å²) in [6.45, 7) is 5.14. The van der Waals surface area contributed by atoms with E-state index in [2.05, 4.69) is 15.9 Å². The smallest absolute Gasteiger partial charge is 0.254 e. The first kappa shape index (κ1) is 15.9. The Balaban J connectivity index is 2.24. The molecule has 0 spiro atoms. The van der Waals surface area contributed by atoms with Crippen LogP contribution in [0.3, 0.4) is 0 Å². The number of carbonyl (C=O) groups is 1. The average molecular weight is 347 g/mol. The third kappa shape index (κ3) is 2.89. The minimum Gasteiger partial charge on any atom is -0.348 e. The molecule has 0 N–H and O–H groups in total. The van der Waals surface area contributed by atoms with Crippen LogP contribution < -0.4 is 0 Å². The van der Waals surface area contributed by atoms with E-state index in [9.17, 15) is 4.79 Å². The second kappa shape index (κ2) is 5.69. The summed E-state index contributed by atoms with van der Waals surface area (Å²) >= 11 is 3.36. The van der Waals surface area contributed by atoms with Gasteiger partial charge in [-0.25, -0.2) is 0 Å². The van der Waals surface area contributed by atoms with Gasteiger partial charge in [0.1, 0.15) is 0 Å². The van der Waals surface area contributed by atoms with Crippen LogP contribution in [0.25, 0.3) is 0 Å². The molecule has 1 aliphatic carbocycles. The third-order valence-electron chi connectivity index (χ3n) is 3.31. The number of hydrogen-bond acceptors (Lipinski definition) is 5. The van der Waals surface area contributed by atoms with Crippen molar-refractivity contribution in [3.63, 3.8) is 0 Å². The molecule has 6 heteroatoms. The van der Waals surface area contributed by atoms with Crippen molar-refractivity contribution in [3.8, 4) is 0 Å². The van der Waals surface area contributed by atoms with Gasteiger partial charge in [0, 0.05) is 24.1 Å². The zero-order valence-electron chi connectivity index (χ0n) is 12.1. The van der Waals surface area contributed by atoms with Crippen LogP contribution in [0, 0.1) is 5.41 Å². The average Bonchev–Trinajstić information content (AvgIpc) is 2.41. The largest absolute Gasteiger partial charge is 0.348 e. The van der Waals surface area contributed by atoms with Gasteiger partial charge >= 0.3 is 0 Å². The number of carbonyl (C=O) groups excluding carboxylic acids is 1. The number of hydrogen-bond donors (Lipinski definition) is 0. The molecule has 0 aromatic rings. The summed E-state index contributed by atoms with van der Waals surface area (Å²) in [6.07, 6.45) is 2.56. The minimum atomic E-state index is -1.43. The molecular weight excluding hydrogens is 328 g/mol. The molecule has 20 heavy (non-hydrogen) atoms. The van der Waals surface area contributed by atoms with Crippen molar-refractivity contribution < 1.29 is 23.7 Å². The normalized spacial score (nSPS) is 26.1. The van der Waals surface area contributed by atoms with E-state index >= 15 is 0 Å². The number of ether oxygens (including phenoxy) is 4. The Kier molecular flexibility index (Phi) is 4.51. The zero-order chi connectivity index (χ0) is 15.0. The van der Waals surface area contributed by atoms with Crippen LogP contribution in [0.1, 0.15) is 13.8 Å². The van der Waals surface area contributed by atoms with Crippen LogP contribution in [0.2, 0.25) is 0 Å². The van der Waals surface area contributed by atoms with Crippen LogP contribution in [0.5, 0.6) is 0 Å². The van der Waals surface area contributed by atoms with Crippen LogP contribution in [-0.2, 0) is 23.7 Å². The van der Waals surface area contributed by atoms with Crippen molar-refractivity contribution in [3.05, 3.63) is 22.2 Å². The predicted octanol–water partition coefficient (Wildman–Crippen LogP) is 2.16. The van der Waals surface area contributed by atoms with Crippen molar-refractivity contribution >= 4 is 21.7 Å². The van der Waals surface area contributed by atoms with Gasteiger partial charge in [-0.05, 0) is 12.2 Å². The number of halogens is 1. The number of Topliss-reactive ketones (excluding diaryl/α,β-unsaturated/α-hetero) is 1. The molecule has 0 saturated carbocycles. The topological polar surface area (TPSA) is 54.0 Å². The van der Waals surface area contributed by atoms with Crippen molar-refractivity contribution in [1.82, 2.24) is 0 Å². The Morgan fingerprint density at radius 2 is 1.80 bits per heavy atom. The molecule has 1 fully saturated rings. The van der Waals surface area contributed by atoms with E-state index in [4.69, 9.17) is 18.9 Å². The van der Waals surface area contributed by atoms with E-state index in [1.165, 1.54) is 14.2 Å². The summed E-state index contributed by atoms with van der Waals surface area (Å²) in [5.74, 6) is -1.74. The van der Waals surface area contributed by atoms with Crippen LogP contribution in [0.4, 0.5) is 0 Å². The maximum Gasteiger partial charge on any atom is 0.254 e. The first-order valence-electron chi connectivity index (χ1n) is 6.32. The van der Waals surface area contributed by atoms with Gasteiger partial charge in [0.05, 0.1) is 18.8 Å². The zero-order valence-corrected chi connectivity index (χ0v) is 13.7. The number of allylic oxidation sites excluding steroid dienone is 2. The van der Waals surface area contributed by atoms with Gasteiger partial charge in [0.15, 0.2) is 6.29 Å². The molecule has 0 amide bonds. The van der Waals surface area contributed by atoms with E-state index in [1.54, 1.807) is 12.2 Å². The summed E-state index contributed by atoms with van der Waals surface area (Å²) in [7, 11) is 2.85. The third-order valence-corrected chi connectivity index (χ3v) is 3.77. The van der Waals surface area contributed by atoms with Crippen molar-refractivity contribution in [2.45, 2.75) is 25.9 Å². The molecule has 0 aromatic heterocycles. The van der Waals surface area contributed by atoms with E-state index < -0.39 is 12.1 Å². The van der Waals surface area contributed by atoms with E-state index in [-0.39, 0.29) is 11.2 Å². The maximum absolute atomic E-state index is 12.6. The van der Waals surface area contributed by atoms with Gasteiger partial charge in [-0.3, -0.25) is 4.79 Å². The molecule has 2 rings (SSSR count). The lowest BCUT2D eigenvalue weighted by Gasteiger charge is -2.38. The quantitative estimate of drug-likeness (QED) is 0.733. The standard InChI is InChI=1S/C14H19BrO5/c1-13(2)7-19-12(20-8-13)10-5-9(15)6-14(17-3,18-4)11(10)16/h5-6,12H,7-8H2,1-4H3. The molecule has 2 aliphatic rings. The Morgan fingerprint density at radius 1 is 1.25 bits per heavy atom. The molecule has 0 unspecified atom stereocenters. The van der Waals surface area contributed by atoms with E-state index in [1.807, 2.05) is 13.8 Å². The van der Waals surface area contributed by atoms with Gasteiger partial charge < -0.3 is 18.9 Å². The summed E-state index contributed by atoms with van der Waals surface area (Å²) in [6, 6.07) is 0. The summed E-state index contributed by atoms with van der Waals surface area (Å²) in [5, 5.41) is 0. The first-order valence-corrected chi connectivity index (χ1v) is 7.11. The lowest BCUT2D eigenvalue weighted by atomic mass is 9.93. The summed E-state index contributed by atoms with van der Waals surface area (Å²) < 4.78 is 22.5. The van der Waals surface area contributed by atoms with Crippen molar-refractivity contribution in [2.75, 3.05) is 27.4 Å². The van der Waals surface area contributed by atoms with Gasteiger partial charge in [0.2, 0.25) is 5.78 Å². The maximum atomic E-state index is 12.6.